The summed E-state index contributed by atoms with van der Waals surface area (Å²) < 4.78 is 10.4. The van der Waals surface area contributed by atoms with Crippen molar-refractivity contribution in [1.29, 1.82) is 5.26 Å². The summed E-state index contributed by atoms with van der Waals surface area (Å²) in [6.45, 7) is 1.86. The maximum Gasteiger partial charge on any atom is 0.254 e. The van der Waals surface area contributed by atoms with Gasteiger partial charge in [0.05, 0.1) is 19.1 Å². The molecule has 0 saturated heterocycles. The van der Waals surface area contributed by atoms with E-state index < -0.39 is 0 Å². The summed E-state index contributed by atoms with van der Waals surface area (Å²) >= 11 is 0. The van der Waals surface area contributed by atoms with Crippen molar-refractivity contribution in [1.82, 2.24) is 4.90 Å². The molecule has 0 aromatic heterocycles. The Kier molecular flexibility index (Phi) is 7.48. The highest BCUT2D eigenvalue weighted by Crippen LogP contribution is 2.15. The van der Waals surface area contributed by atoms with Crippen LogP contribution in [0.1, 0.15) is 22.3 Å². The summed E-state index contributed by atoms with van der Waals surface area (Å²) in [4.78, 5) is 14.5. The Balaban J connectivity index is 2.06. The number of hydrogen-bond donors (Lipinski definition) is 0. The molecule has 5 nitrogen and oxygen atoms in total. The molecular weight excluding hydrogens is 316 g/mol. The van der Waals surface area contributed by atoms with Crippen molar-refractivity contribution >= 4 is 5.91 Å². The van der Waals surface area contributed by atoms with Gasteiger partial charge in [-0.15, -0.1) is 0 Å². The first-order valence-corrected chi connectivity index (χ1v) is 8.16. The minimum absolute atomic E-state index is 0.0949. The molecule has 2 aromatic carbocycles. The SMILES string of the molecule is COCCOc1ccc(C(=O)N(CCC#N)Cc2ccccc2)cc1. The number of carbonyl (C=O) groups is 1. The number of methoxy groups -OCH3 is 1. The molecule has 1 amide bonds. The molecule has 0 aliphatic carbocycles. The summed E-state index contributed by atoms with van der Waals surface area (Å²) in [7, 11) is 1.62. The number of benzene rings is 2. The van der Waals surface area contributed by atoms with E-state index >= 15 is 0 Å². The summed E-state index contributed by atoms with van der Waals surface area (Å²) in [6.07, 6.45) is 0.302. The maximum atomic E-state index is 12.8. The maximum absolute atomic E-state index is 12.8. The van der Waals surface area contributed by atoms with Crippen molar-refractivity contribution in [3.05, 3.63) is 65.7 Å². The summed E-state index contributed by atoms with van der Waals surface area (Å²) in [5.74, 6) is 0.600. The average molecular weight is 338 g/mol. The molecule has 0 atom stereocenters. The van der Waals surface area contributed by atoms with Gasteiger partial charge in [-0.3, -0.25) is 4.79 Å². The van der Waals surface area contributed by atoms with Gasteiger partial charge in [0, 0.05) is 25.8 Å². The Morgan fingerprint density at radius 3 is 2.44 bits per heavy atom. The van der Waals surface area contributed by atoms with Crippen molar-refractivity contribution in [2.75, 3.05) is 26.9 Å². The van der Waals surface area contributed by atoms with Crippen LogP contribution in [0.2, 0.25) is 0 Å². The highest BCUT2D eigenvalue weighted by Gasteiger charge is 2.16. The molecule has 0 bridgehead atoms. The minimum Gasteiger partial charge on any atom is -0.491 e. The second kappa shape index (κ2) is 10.1. The largest absolute Gasteiger partial charge is 0.491 e. The van der Waals surface area contributed by atoms with E-state index in [1.807, 2.05) is 30.3 Å². The smallest absolute Gasteiger partial charge is 0.254 e. The molecule has 5 heteroatoms. The van der Waals surface area contributed by atoms with Crippen molar-refractivity contribution in [2.24, 2.45) is 0 Å². The molecule has 0 aliphatic rings. The minimum atomic E-state index is -0.0949. The number of nitriles is 1. The van der Waals surface area contributed by atoms with Gasteiger partial charge in [-0.25, -0.2) is 0 Å². The van der Waals surface area contributed by atoms with Crippen LogP contribution in [-0.4, -0.2) is 37.7 Å². The lowest BCUT2D eigenvalue weighted by Gasteiger charge is -2.22. The molecule has 0 fully saturated rings. The predicted octanol–water partition coefficient (Wildman–Crippen LogP) is 3.27. The Labute approximate surface area is 148 Å². The molecule has 0 N–H and O–H groups in total. The molecule has 0 saturated carbocycles. The third-order valence-corrected chi connectivity index (χ3v) is 3.65. The highest BCUT2D eigenvalue weighted by atomic mass is 16.5. The van der Waals surface area contributed by atoms with Crippen LogP contribution in [0.25, 0.3) is 0 Å². The monoisotopic (exact) mass is 338 g/mol. The van der Waals surface area contributed by atoms with E-state index in [0.29, 0.717) is 44.0 Å². The van der Waals surface area contributed by atoms with Gasteiger partial charge in [0.2, 0.25) is 0 Å². The molecule has 0 aliphatic heterocycles. The summed E-state index contributed by atoms with van der Waals surface area (Å²) in [5, 5.41) is 8.86. The van der Waals surface area contributed by atoms with E-state index in [2.05, 4.69) is 6.07 Å². The number of ether oxygens (including phenoxy) is 2. The van der Waals surface area contributed by atoms with Gasteiger partial charge in [-0.1, -0.05) is 30.3 Å². The second-order valence-electron chi connectivity index (χ2n) is 5.49. The van der Waals surface area contributed by atoms with Crippen LogP contribution in [0, 0.1) is 11.3 Å². The van der Waals surface area contributed by atoms with Gasteiger partial charge in [-0.2, -0.15) is 5.26 Å². The lowest BCUT2D eigenvalue weighted by Crippen LogP contribution is -2.31. The Bertz CT molecular complexity index is 693. The third-order valence-electron chi connectivity index (χ3n) is 3.65. The standard InChI is InChI=1S/C20H22N2O3/c1-24-14-15-25-19-10-8-18(9-11-19)20(23)22(13-5-12-21)16-17-6-3-2-4-7-17/h2-4,6-11H,5,13-16H2,1H3. The van der Waals surface area contributed by atoms with Crippen LogP contribution < -0.4 is 4.74 Å². The first-order valence-electron chi connectivity index (χ1n) is 8.16. The molecule has 130 valence electrons. The average Bonchev–Trinajstić information content (AvgIpc) is 2.66. The molecule has 2 aromatic rings. The zero-order valence-corrected chi connectivity index (χ0v) is 14.4. The van der Waals surface area contributed by atoms with Crippen molar-refractivity contribution in [3.8, 4) is 11.8 Å². The topological polar surface area (TPSA) is 62.6 Å². The zero-order chi connectivity index (χ0) is 17.9. The summed E-state index contributed by atoms with van der Waals surface area (Å²) in [6, 6.07) is 18.9. The molecule has 0 heterocycles. The Morgan fingerprint density at radius 2 is 1.80 bits per heavy atom. The number of amides is 1. The van der Waals surface area contributed by atoms with Gasteiger partial charge >= 0.3 is 0 Å². The van der Waals surface area contributed by atoms with E-state index in [9.17, 15) is 4.79 Å². The van der Waals surface area contributed by atoms with Crippen molar-refractivity contribution in [3.63, 3.8) is 0 Å². The van der Waals surface area contributed by atoms with Crippen LogP contribution in [0.5, 0.6) is 5.75 Å². The van der Waals surface area contributed by atoms with Gasteiger partial charge in [0.15, 0.2) is 0 Å². The van der Waals surface area contributed by atoms with E-state index in [1.54, 1.807) is 36.3 Å². The predicted molar refractivity (Wildman–Crippen MR) is 95.2 cm³/mol. The number of carbonyl (C=O) groups excluding carboxylic acids is 1. The lowest BCUT2D eigenvalue weighted by molar-refractivity contribution is 0.0747. The van der Waals surface area contributed by atoms with E-state index in [1.165, 1.54) is 0 Å². The van der Waals surface area contributed by atoms with E-state index in [-0.39, 0.29) is 5.91 Å². The van der Waals surface area contributed by atoms with Crippen molar-refractivity contribution < 1.29 is 14.3 Å². The van der Waals surface area contributed by atoms with Crippen LogP contribution in [0.15, 0.2) is 54.6 Å². The normalized spacial score (nSPS) is 10.1. The fraction of sp³-hybridized carbons (Fsp3) is 0.300. The highest BCUT2D eigenvalue weighted by molar-refractivity contribution is 5.94. The first-order chi connectivity index (χ1) is 12.2. The van der Waals surface area contributed by atoms with Gasteiger partial charge < -0.3 is 14.4 Å². The first kappa shape index (κ1) is 18.5. The van der Waals surface area contributed by atoms with E-state index in [0.717, 1.165) is 5.56 Å². The number of hydrogen-bond acceptors (Lipinski definition) is 4. The quantitative estimate of drug-likeness (QED) is 0.658. The Hall–Kier alpha value is -2.84. The fourth-order valence-electron chi connectivity index (χ4n) is 2.36. The molecular formula is C20H22N2O3. The van der Waals surface area contributed by atoms with E-state index in [4.69, 9.17) is 14.7 Å². The zero-order valence-electron chi connectivity index (χ0n) is 14.4. The fourth-order valence-corrected chi connectivity index (χ4v) is 2.36. The third kappa shape index (κ3) is 5.94. The molecule has 0 spiro atoms. The molecule has 0 unspecified atom stereocenters. The summed E-state index contributed by atoms with van der Waals surface area (Å²) in [5.41, 5.74) is 1.61. The van der Waals surface area contributed by atoms with Crippen molar-refractivity contribution in [2.45, 2.75) is 13.0 Å². The van der Waals surface area contributed by atoms with Gasteiger partial charge in [0.25, 0.3) is 5.91 Å². The van der Waals surface area contributed by atoms with Crippen LogP contribution in [0.3, 0.4) is 0 Å². The molecule has 0 radical (unpaired) electrons. The van der Waals surface area contributed by atoms with Crippen LogP contribution in [0.4, 0.5) is 0 Å². The van der Waals surface area contributed by atoms with Crippen LogP contribution in [-0.2, 0) is 11.3 Å². The van der Waals surface area contributed by atoms with Crippen LogP contribution >= 0.6 is 0 Å². The molecule has 2 rings (SSSR count). The number of rotatable bonds is 9. The molecule has 25 heavy (non-hydrogen) atoms. The Morgan fingerprint density at radius 1 is 1.08 bits per heavy atom. The second-order valence-corrected chi connectivity index (χ2v) is 5.49. The lowest BCUT2D eigenvalue weighted by atomic mass is 10.1. The van der Waals surface area contributed by atoms with Gasteiger partial charge in [0.1, 0.15) is 12.4 Å². The number of nitrogens with zero attached hydrogens (tertiary/aromatic N) is 2. The van der Waals surface area contributed by atoms with Gasteiger partial charge in [-0.05, 0) is 29.8 Å².